The van der Waals surface area contributed by atoms with Gasteiger partial charge >= 0.3 is 0 Å². The van der Waals surface area contributed by atoms with Crippen LogP contribution in [0.15, 0.2) is 30.3 Å². The fraction of sp³-hybridized carbons (Fsp3) is 0.455. The Morgan fingerprint density at radius 3 is 2.31 bits per heavy atom. The van der Waals surface area contributed by atoms with Gasteiger partial charge in [0.15, 0.2) is 5.79 Å². The average Bonchev–Trinajstić information content (AvgIpc) is 2.16. The second-order valence-corrected chi connectivity index (χ2v) is 3.29. The van der Waals surface area contributed by atoms with Crippen molar-refractivity contribution >= 4 is 0 Å². The van der Waals surface area contributed by atoms with Crippen LogP contribution in [0.3, 0.4) is 0 Å². The van der Waals surface area contributed by atoms with Gasteiger partial charge in [-0.25, -0.2) is 0 Å². The van der Waals surface area contributed by atoms with Crippen LogP contribution in [-0.4, -0.2) is 10.2 Å². The van der Waals surface area contributed by atoms with E-state index in [0.717, 1.165) is 12.8 Å². The van der Waals surface area contributed by atoms with E-state index in [4.69, 9.17) is 0 Å². The molecule has 0 aliphatic rings. The number of hydrogen-bond donors (Lipinski definition) is 2. The van der Waals surface area contributed by atoms with E-state index in [1.54, 1.807) is 12.1 Å². The van der Waals surface area contributed by atoms with Crippen LogP contribution < -0.4 is 0 Å². The highest BCUT2D eigenvalue weighted by molar-refractivity contribution is 5.19. The normalized spacial score (nSPS) is 11.6. The lowest BCUT2D eigenvalue weighted by Crippen LogP contribution is -2.24. The van der Waals surface area contributed by atoms with E-state index in [1.807, 2.05) is 25.1 Å². The van der Waals surface area contributed by atoms with Gasteiger partial charge in [-0.1, -0.05) is 43.7 Å². The van der Waals surface area contributed by atoms with Crippen LogP contribution in [0.5, 0.6) is 0 Å². The highest BCUT2D eigenvalue weighted by atomic mass is 16.5. The van der Waals surface area contributed by atoms with Crippen LogP contribution in [0.25, 0.3) is 0 Å². The fourth-order valence-corrected chi connectivity index (χ4v) is 1.27. The molecule has 0 fully saturated rings. The molecular formula is C11H16O2. The van der Waals surface area contributed by atoms with Gasteiger partial charge in [0.05, 0.1) is 0 Å². The summed E-state index contributed by atoms with van der Waals surface area (Å²) < 4.78 is 0. The summed E-state index contributed by atoms with van der Waals surface area (Å²) in [5, 5.41) is 19.3. The molecule has 0 heterocycles. The molecule has 0 saturated heterocycles. The minimum absolute atomic E-state index is 0.396. The van der Waals surface area contributed by atoms with Gasteiger partial charge in [-0.15, -0.1) is 0 Å². The van der Waals surface area contributed by atoms with Gasteiger partial charge in [0.2, 0.25) is 0 Å². The van der Waals surface area contributed by atoms with Crippen molar-refractivity contribution in [3.63, 3.8) is 0 Å². The van der Waals surface area contributed by atoms with E-state index in [9.17, 15) is 10.2 Å². The van der Waals surface area contributed by atoms with Crippen molar-refractivity contribution in [3.8, 4) is 0 Å². The minimum Gasteiger partial charge on any atom is -0.362 e. The lowest BCUT2D eigenvalue weighted by molar-refractivity contribution is -0.175. The maximum atomic E-state index is 9.67. The molecule has 0 aliphatic heterocycles. The zero-order valence-electron chi connectivity index (χ0n) is 7.90. The maximum absolute atomic E-state index is 9.67. The van der Waals surface area contributed by atoms with Crippen molar-refractivity contribution in [2.24, 2.45) is 0 Å². The fourth-order valence-electron chi connectivity index (χ4n) is 1.27. The van der Waals surface area contributed by atoms with Crippen molar-refractivity contribution in [2.45, 2.75) is 32.0 Å². The SMILES string of the molecule is CCCCC(O)(O)c1ccccc1. The standard InChI is InChI=1S/C11H16O2/c1-2-3-9-11(12,13)10-7-5-4-6-8-10/h4-8,12-13H,2-3,9H2,1H3. The van der Waals surface area contributed by atoms with Crippen LogP contribution >= 0.6 is 0 Å². The number of unbranched alkanes of at least 4 members (excludes halogenated alkanes) is 1. The largest absolute Gasteiger partial charge is 0.362 e. The topological polar surface area (TPSA) is 40.5 Å². The molecular weight excluding hydrogens is 164 g/mol. The Hall–Kier alpha value is -0.860. The van der Waals surface area contributed by atoms with Gasteiger partial charge in [-0.3, -0.25) is 0 Å². The first-order valence-electron chi connectivity index (χ1n) is 4.67. The molecule has 72 valence electrons. The lowest BCUT2D eigenvalue weighted by Gasteiger charge is -2.21. The Morgan fingerprint density at radius 1 is 1.15 bits per heavy atom. The summed E-state index contributed by atoms with van der Waals surface area (Å²) in [5.41, 5.74) is 0.573. The van der Waals surface area contributed by atoms with Gasteiger partial charge in [0.25, 0.3) is 0 Å². The molecule has 0 radical (unpaired) electrons. The van der Waals surface area contributed by atoms with E-state index in [1.165, 1.54) is 0 Å². The predicted octanol–water partition coefficient (Wildman–Crippen LogP) is 2.01. The molecule has 13 heavy (non-hydrogen) atoms. The Kier molecular flexibility index (Phi) is 3.46. The van der Waals surface area contributed by atoms with Gasteiger partial charge in [0.1, 0.15) is 0 Å². The Balaban J connectivity index is 2.69. The first kappa shape index (κ1) is 10.2. The number of aliphatic hydroxyl groups is 2. The van der Waals surface area contributed by atoms with E-state index >= 15 is 0 Å². The summed E-state index contributed by atoms with van der Waals surface area (Å²) in [6.07, 6.45) is 2.19. The van der Waals surface area contributed by atoms with Crippen LogP contribution in [0.4, 0.5) is 0 Å². The molecule has 0 aliphatic carbocycles. The number of rotatable bonds is 4. The molecule has 0 bridgehead atoms. The molecule has 0 saturated carbocycles. The average molecular weight is 180 g/mol. The number of benzene rings is 1. The Labute approximate surface area is 78.8 Å². The highest BCUT2D eigenvalue weighted by Gasteiger charge is 2.23. The molecule has 0 amide bonds. The van der Waals surface area contributed by atoms with Crippen molar-refractivity contribution in [2.75, 3.05) is 0 Å². The zero-order chi connectivity index (χ0) is 9.73. The zero-order valence-corrected chi connectivity index (χ0v) is 7.90. The summed E-state index contributed by atoms with van der Waals surface area (Å²) in [7, 11) is 0. The van der Waals surface area contributed by atoms with Crippen molar-refractivity contribution in [1.82, 2.24) is 0 Å². The molecule has 1 rings (SSSR count). The Morgan fingerprint density at radius 2 is 1.77 bits per heavy atom. The summed E-state index contributed by atoms with van der Waals surface area (Å²) >= 11 is 0. The molecule has 1 aromatic carbocycles. The smallest absolute Gasteiger partial charge is 0.189 e. The van der Waals surface area contributed by atoms with Crippen molar-refractivity contribution in [1.29, 1.82) is 0 Å². The molecule has 0 unspecified atom stereocenters. The maximum Gasteiger partial charge on any atom is 0.189 e. The van der Waals surface area contributed by atoms with Crippen LogP contribution in [0, 0.1) is 0 Å². The monoisotopic (exact) mass is 180 g/mol. The quantitative estimate of drug-likeness (QED) is 0.696. The van der Waals surface area contributed by atoms with E-state index in [0.29, 0.717) is 12.0 Å². The van der Waals surface area contributed by atoms with E-state index in [2.05, 4.69) is 0 Å². The van der Waals surface area contributed by atoms with E-state index < -0.39 is 5.79 Å². The first-order chi connectivity index (χ1) is 6.17. The third kappa shape index (κ3) is 2.83. The van der Waals surface area contributed by atoms with E-state index in [-0.39, 0.29) is 0 Å². The second-order valence-electron chi connectivity index (χ2n) is 3.29. The van der Waals surface area contributed by atoms with Crippen molar-refractivity contribution < 1.29 is 10.2 Å². The third-order valence-electron chi connectivity index (χ3n) is 2.12. The van der Waals surface area contributed by atoms with Crippen LogP contribution in [0.1, 0.15) is 31.7 Å². The van der Waals surface area contributed by atoms with Gasteiger partial charge in [0, 0.05) is 12.0 Å². The van der Waals surface area contributed by atoms with Gasteiger partial charge in [-0.05, 0) is 6.42 Å². The third-order valence-corrected chi connectivity index (χ3v) is 2.12. The molecule has 2 nitrogen and oxygen atoms in total. The molecule has 0 atom stereocenters. The second kappa shape index (κ2) is 4.40. The predicted molar refractivity (Wildman–Crippen MR) is 52.1 cm³/mol. The van der Waals surface area contributed by atoms with Gasteiger partial charge < -0.3 is 10.2 Å². The molecule has 1 aromatic rings. The van der Waals surface area contributed by atoms with Crippen molar-refractivity contribution in [3.05, 3.63) is 35.9 Å². The summed E-state index contributed by atoms with van der Waals surface area (Å²) in [5.74, 6) is -1.66. The minimum atomic E-state index is -1.66. The lowest BCUT2D eigenvalue weighted by atomic mass is 10.0. The molecule has 2 N–H and O–H groups in total. The summed E-state index contributed by atoms with van der Waals surface area (Å²) in [4.78, 5) is 0. The summed E-state index contributed by atoms with van der Waals surface area (Å²) in [6.45, 7) is 2.03. The molecule has 2 heteroatoms. The van der Waals surface area contributed by atoms with Crippen LogP contribution in [-0.2, 0) is 5.79 Å². The van der Waals surface area contributed by atoms with Crippen LogP contribution in [0.2, 0.25) is 0 Å². The summed E-state index contributed by atoms with van der Waals surface area (Å²) in [6, 6.07) is 8.94. The van der Waals surface area contributed by atoms with Gasteiger partial charge in [-0.2, -0.15) is 0 Å². The first-order valence-corrected chi connectivity index (χ1v) is 4.67. The molecule has 0 spiro atoms. The highest BCUT2D eigenvalue weighted by Crippen LogP contribution is 2.23. The Bertz CT molecular complexity index is 242. The molecule has 0 aromatic heterocycles. The number of hydrogen-bond acceptors (Lipinski definition) is 2.